The number of Topliss-reactive ketones (excluding diaryl/α,β-unsaturated/α-hetero) is 1. The third-order valence-electron chi connectivity index (χ3n) is 3.71. The Labute approximate surface area is 155 Å². The summed E-state index contributed by atoms with van der Waals surface area (Å²) in [5.41, 5.74) is 3.25. The van der Waals surface area contributed by atoms with Crippen molar-refractivity contribution < 1.29 is 14.3 Å². The summed E-state index contributed by atoms with van der Waals surface area (Å²) in [6.45, 7) is 3.37. The molecule has 0 aliphatic rings. The molecule has 0 radical (unpaired) electrons. The Morgan fingerprint density at radius 3 is 2.35 bits per heavy atom. The summed E-state index contributed by atoms with van der Waals surface area (Å²) >= 11 is 1.60. The highest BCUT2D eigenvalue weighted by atomic mass is 32.1. The number of hydrogen-bond donors (Lipinski definition) is 1. The molecule has 26 heavy (non-hydrogen) atoms. The maximum absolute atomic E-state index is 12.0. The van der Waals surface area contributed by atoms with Crippen LogP contribution in [0.4, 0.5) is 5.69 Å². The van der Waals surface area contributed by atoms with Crippen molar-refractivity contribution in [3.8, 4) is 17.0 Å². The highest BCUT2D eigenvalue weighted by Gasteiger charge is 2.06. The summed E-state index contributed by atoms with van der Waals surface area (Å²) in [5, 5.41) is 5.82. The molecule has 0 atom stereocenters. The number of hydrogen-bond acceptors (Lipinski definition) is 5. The number of ether oxygens (including phenoxy) is 1. The Morgan fingerprint density at radius 2 is 1.77 bits per heavy atom. The van der Waals surface area contributed by atoms with Crippen LogP contribution in [0.25, 0.3) is 11.3 Å². The SMILES string of the molecule is CC(=O)c1ccc(OCC(=O)Nc2ccc(-c3csc(C)n3)cc2)cc1. The summed E-state index contributed by atoms with van der Waals surface area (Å²) in [6, 6.07) is 14.2. The number of nitrogens with one attached hydrogen (secondary N) is 1. The van der Waals surface area contributed by atoms with Crippen LogP contribution in [-0.4, -0.2) is 23.3 Å². The first-order valence-corrected chi connectivity index (χ1v) is 8.95. The van der Waals surface area contributed by atoms with Crippen LogP contribution in [0.2, 0.25) is 0 Å². The number of ketones is 1. The zero-order valence-electron chi connectivity index (χ0n) is 14.5. The average molecular weight is 366 g/mol. The van der Waals surface area contributed by atoms with E-state index in [-0.39, 0.29) is 18.3 Å². The van der Waals surface area contributed by atoms with E-state index >= 15 is 0 Å². The first-order chi connectivity index (χ1) is 12.5. The van der Waals surface area contributed by atoms with E-state index in [0.717, 1.165) is 16.3 Å². The molecule has 1 heterocycles. The van der Waals surface area contributed by atoms with Crippen LogP contribution < -0.4 is 10.1 Å². The van der Waals surface area contributed by atoms with Gasteiger partial charge >= 0.3 is 0 Å². The van der Waals surface area contributed by atoms with Crippen LogP contribution in [0.15, 0.2) is 53.9 Å². The van der Waals surface area contributed by atoms with Gasteiger partial charge in [0.15, 0.2) is 12.4 Å². The van der Waals surface area contributed by atoms with Crippen molar-refractivity contribution in [2.45, 2.75) is 13.8 Å². The number of anilines is 1. The monoisotopic (exact) mass is 366 g/mol. The third kappa shape index (κ3) is 4.55. The second-order valence-electron chi connectivity index (χ2n) is 5.75. The molecular weight excluding hydrogens is 348 g/mol. The lowest BCUT2D eigenvalue weighted by atomic mass is 10.1. The molecule has 0 spiro atoms. The predicted molar refractivity (Wildman–Crippen MR) is 103 cm³/mol. The molecule has 0 unspecified atom stereocenters. The molecule has 0 saturated heterocycles. The predicted octanol–water partition coefficient (Wildman–Crippen LogP) is 4.34. The van der Waals surface area contributed by atoms with Gasteiger partial charge in [0.1, 0.15) is 5.75 Å². The summed E-state index contributed by atoms with van der Waals surface area (Å²) in [6.07, 6.45) is 0. The number of nitrogens with zero attached hydrogens (tertiary/aromatic N) is 1. The minimum atomic E-state index is -0.252. The van der Waals surface area contributed by atoms with E-state index in [0.29, 0.717) is 17.0 Å². The number of aromatic nitrogens is 1. The van der Waals surface area contributed by atoms with Gasteiger partial charge in [-0.05, 0) is 50.2 Å². The van der Waals surface area contributed by atoms with Gasteiger partial charge < -0.3 is 10.1 Å². The Balaban J connectivity index is 1.53. The van der Waals surface area contributed by atoms with Gasteiger partial charge in [-0.3, -0.25) is 9.59 Å². The molecule has 132 valence electrons. The van der Waals surface area contributed by atoms with Crippen molar-refractivity contribution in [2.75, 3.05) is 11.9 Å². The zero-order valence-corrected chi connectivity index (χ0v) is 15.3. The smallest absolute Gasteiger partial charge is 0.262 e. The molecule has 1 amide bonds. The van der Waals surface area contributed by atoms with Crippen molar-refractivity contribution in [2.24, 2.45) is 0 Å². The second kappa shape index (κ2) is 7.93. The number of thiazole rings is 1. The Hall–Kier alpha value is -2.99. The van der Waals surface area contributed by atoms with Gasteiger partial charge in [0, 0.05) is 22.2 Å². The average Bonchev–Trinajstić information content (AvgIpc) is 3.07. The summed E-state index contributed by atoms with van der Waals surface area (Å²) < 4.78 is 5.44. The summed E-state index contributed by atoms with van der Waals surface area (Å²) in [4.78, 5) is 27.7. The normalized spacial score (nSPS) is 10.4. The number of rotatable bonds is 6. The molecular formula is C20H18N2O3S. The standard InChI is InChI=1S/C20H18N2O3S/c1-13(23)15-5-9-18(10-6-15)25-11-20(24)22-17-7-3-16(4-8-17)19-12-26-14(2)21-19/h3-10,12H,11H2,1-2H3,(H,22,24). The molecule has 3 rings (SSSR count). The Kier molecular flexibility index (Phi) is 5.43. The quantitative estimate of drug-likeness (QED) is 0.659. The van der Waals surface area contributed by atoms with Crippen molar-refractivity contribution in [1.82, 2.24) is 4.98 Å². The van der Waals surface area contributed by atoms with Crippen LogP contribution in [0, 0.1) is 6.92 Å². The molecule has 0 aliphatic carbocycles. The maximum atomic E-state index is 12.0. The van der Waals surface area contributed by atoms with Crippen LogP contribution in [-0.2, 0) is 4.79 Å². The van der Waals surface area contributed by atoms with E-state index in [1.54, 1.807) is 35.6 Å². The van der Waals surface area contributed by atoms with Gasteiger partial charge in [-0.1, -0.05) is 12.1 Å². The Morgan fingerprint density at radius 1 is 1.08 bits per heavy atom. The molecule has 6 heteroatoms. The molecule has 0 bridgehead atoms. The van der Waals surface area contributed by atoms with Crippen molar-refractivity contribution in [3.05, 3.63) is 64.5 Å². The minimum Gasteiger partial charge on any atom is -0.484 e. The molecule has 0 aliphatic heterocycles. The van der Waals surface area contributed by atoms with Gasteiger partial charge in [0.05, 0.1) is 10.7 Å². The summed E-state index contributed by atoms with van der Waals surface area (Å²) in [7, 11) is 0. The first-order valence-electron chi connectivity index (χ1n) is 8.07. The third-order valence-corrected chi connectivity index (χ3v) is 4.49. The van der Waals surface area contributed by atoms with Crippen LogP contribution >= 0.6 is 11.3 Å². The van der Waals surface area contributed by atoms with Gasteiger partial charge in [-0.25, -0.2) is 4.98 Å². The molecule has 2 aromatic carbocycles. The van der Waals surface area contributed by atoms with Crippen molar-refractivity contribution in [3.63, 3.8) is 0 Å². The molecule has 5 nitrogen and oxygen atoms in total. The van der Waals surface area contributed by atoms with Crippen LogP contribution in [0.3, 0.4) is 0 Å². The molecule has 1 aromatic heterocycles. The second-order valence-corrected chi connectivity index (χ2v) is 6.81. The molecule has 0 saturated carbocycles. The largest absolute Gasteiger partial charge is 0.484 e. The molecule has 1 N–H and O–H groups in total. The number of aryl methyl sites for hydroxylation is 1. The van der Waals surface area contributed by atoms with E-state index in [4.69, 9.17) is 4.74 Å². The maximum Gasteiger partial charge on any atom is 0.262 e. The van der Waals surface area contributed by atoms with Gasteiger partial charge in [-0.15, -0.1) is 11.3 Å². The van der Waals surface area contributed by atoms with Crippen molar-refractivity contribution in [1.29, 1.82) is 0 Å². The highest BCUT2D eigenvalue weighted by Crippen LogP contribution is 2.23. The van der Waals surface area contributed by atoms with Crippen molar-refractivity contribution >= 4 is 28.7 Å². The first kappa shape index (κ1) is 17.8. The zero-order chi connectivity index (χ0) is 18.5. The number of carbonyl (C=O) groups is 2. The van der Waals surface area contributed by atoms with E-state index in [1.165, 1.54) is 6.92 Å². The van der Waals surface area contributed by atoms with Gasteiger partial charge in [-0.2, -0.15) is 0 Å². The van der Waals surface area contributed by atoms with E-state index < -0.39 is 0 Å². The number of carbonyl (C=O) groups excluding carboxylic acids is 2. The highest BCUT2D eigenvalue weighted by molar-refractivity contribution is 7.09. The van der Waals surface area contributed by atoms with Crippen LogP contribution in [0.5, 0.6) is 5.75 Å². The fourth-order valence-electron chi connectivity index (χ4n) is 2.35. The Bertz CT molecular complexity index is 915. The van der Waals surface area contributed by atoms with E-state index in [2.05, 4.69) is 10.3 Å². The summed E-state index contributed by atoms with van der Waals surface area (Å²) in [5.74, 6) is 0.280. The lowest BCUT2D eigenvalue weighted by molar-refractivity contribution is -0.118. The molecule has 3 aromatic rings. The van der Waals surface area contributed by atoms with Crippen LogP contribution in [0.1, 0.15) is 22.3 Å². The lowest BCUT2D eigenvalue weighted by Crippen LogP contribution is -2.20. The van der Waals surface area contributed by atoms with E-state index in [9.17, 15) is 9.59 Å². The fraction of sp³-hybridized carbons (Fsp3) is 0.150. The lowest BCUT2D eigenvalue weighted by Gasteiger charge is -2.08. The topological polar surface area (TPSA) is 68.3 Å². The van der Waals surface area contributed by atoms with Gasteiger partial charge in [0.2, 0.25) is 0 Å². The number of benzene rings is 2. The minimum absolute atomic E-state index is 0.00875. The van der Waals surface area contributed by atoms with Gasteiger partial charge in [0.25, 0.3) is 5.91 Å². The van der Waals surface area contributed by atoms with E-state index in [1.807, 2.05) is 36.6 Å². The fourth-order valence-corrected chi connectivity index (χ4v) is 2.97. The number of amides is 1. The molecule has 0 fully saturated rings.